The predicted molar refractivity (Wildman–Crippen MR) is 81.9 cm³/mol. The zero-order valence-corrected chi connectivity index (χ0v) is 12.1. The van der Waals surface area contributed by atoms with Crippen LogP contribution in [0.15, 0.2) is 42.5 Å². The standard InChI is InChI=1S/C18H19NO2/c1-2-19-16-10-15(13-5-3-4-6-14(13)16)12-7-8-17-18(9-12)21-11-20-17/h3-9,15-16,19H,2,10-11H2,1H3/t15-,16-/m1/s1. The second kappa shape index (κ2) is 5.08. The zero-order chi connectivity index (χ0) is 14.2. The molecule has 2 aromatic rings. The Labute approximate surface area is 124 Å². The average molecular weight is 281 g/mol. The molecule has 3 heteroatoms. The molecule has 3 nitrogen and oxygen atoms in total. The van der Waals surface area contributed by atoms with Crippen LogP contribution in [-0.2, 0) is 0 Å². The van der Waals surface area contributed by atoms with E-state index in [9.17, 15) is 0 Å². The van der Waals surface area contributed by atoms with Crippen LogP contribution in [0.4, 0.5) is 0 Å². The molecule has 2 aromatic carbocycles. The van der Waals surface area contributed by atoms with E-state index in [0.29, 0.717) is 18.8 Å². The van der Waals surface area contributed by atoms with Gasteiger partial charge in [-0.3, -0.25) is 0 Å². The smallest absolute Gasteiger partial charge is 0.231 e. The second-order valence-corrected chi connectivity index (χ2v) is 5.64. The van der Waals surface area contributed by atoms with Gasteiger partial charge in [-0.15, -0.1) is 0 Å². The Balaban J connectivity index is 1.73. The molecule has 0 fully saturated rings. The first-order valence-corrected chi connectivity index (χ1v) is 7.58. The molecule has 1 aliphatic heterocycles. The van der Waals surface area contributed by atoms with Gasteiger partial charge < -0.3 is 14.8 Å². The van der Waals surface area contributed by atoms with Gasteiger partial charge in [-0.25, -0.2) is 0 Å². The van der Waals surface area contributed by atoms with Crippen molar-refractivity contribution >= 4 is 0 Å². The molecule has 21 heavy (non-hydrogen) atoms. The Morgan fingerprint density at radius 2 is 1.86 bits per heavy atom. The van der Waals surface area contributed by atoms with Crippen LogP contribution < -0.4 is 14.8 Å². The summed E-state index contributed by atoms with van der Waals surface area (Å²) >= 11 is 0. The van der Waals surface area contributed by atoms with Crippen LogP contribution in [0.2, 0.25) is 0 Å². The van der Waals surface area contributed by atoms with Crippen LogP contribution in [0.3, 0.4) is 0 Å². The summed E-state index contributed by atoms with van der Waals surface area (Å²) in [6, 6.07) is 15.5. The number of ether oxygens (including phenoxy) is 2. The topological polar surface area (TPSA) is 30.5 Å². The Bertz CT molecular complexity index is 668. The van der Waals surface area contributed by atoms with Gasteiger partial charge in [0.25, 0.3) is 0 Å². The van der Waals surface area contributed by atoms with Gasteiger partial charge in [0, 0.05) is 12.0 Å². The largest absolute Gasteiger partial charge is 0.454 e. The fourth-order valence-corrected chi connectivity index (χ4v) is 3.52. The van der Waals surface area contributed by atoms with Crippen molar-refractivity contribution in [2.75, 3.05) is 13.3 Å². The molecule has 0 aromatic heterocycles. The lowest BCUT2D eigenvalue weighted by Crippen LogP contribution is -2.18. The molecule has 4 rings (SSSR count). The highest BCUT2D eigenvalue weighted by atomic mass is 16.7. The molecule has 0 radical (unpaired) electrons. The van der Waals surface area contributed by atoms with Crippen LogP contribution in [0.5, 0.6) is 11.5 Å². The molecule has 2 atom stereocenters. The normalized spacial score (nSPS) is 22.3. The number of hydrogen-bond acceptors (Lipinski definition) is 3. The molecule has 2 aliphatic rings. The third-order valence-electron chi connectivity index (χ3n) is 4.47. The molecule has 0 bridgehead atoms. The van der Waals surface area contributed by atoms with Crippen molar-refractivity contribution in [1.29, 1.82) is 0 Å². The van der Waals surface area contributed by atoms with E-state index in [1.54, 1.807) is 0 Å². The van der Waals surface area contributed by atoms with E-state index in [0.717, 1.165) is 24.5 Å². The monoisotopic (exact) mass is 281 g/mol. The van der Waals surface area contributed by atoms with Gasteiger partial charge in [-0.1, -0.05) is 37.3 Å². The average Bonchev–Trinajstić information content (AvgIpc) is 3.12. The summed E-state index contributed by atoms with van der Waals surface area (Å²) in [7, 11) is 0. The lowest BCUT2D eigenvalue weighted by Gasteiger charge is -2.14. The van der Waals surface area contributed by atoms with Gasteiger partial charge in [0.15, 0.2) is 11.5 Å². The highest BCUT2D eigenvalue weighted by Crippen LogP contribution is 2.46. The summed E-state index contributed by atoms with van der Waals surface area (Å²) in [5, 5.41) is 3.60. The molecule has 1 aliphatic carbocycles. The van der Waals surface area contributed by atoms with E-state index >= 15 is 0 Å². The molecule has 0 spiro atoms. The Hall–Kier alpha value is -2.00. The molecule has 108 valence electrons. The van der Waals surface area contributed by atoms with Crippen molar-refractivity contribution in [2.45, 2.75) is 25.3 Å². The number of fused-ring (bicyclic) bond motifs is 2. The highest BCUT2D eigenvalue weighted by molar-refractivity contribution is 5.50. The van der Waals surface area contributed by atoms with Crippen molar-refractivity contribution in [3.63, 3.8) is 0 Å². The Morgan fingerprint density at radius 1 is 1.05 bits per heavy atom. The van der Waals surface area contributed by atoms with Gasteiger partial charge in [-0.2, -0.15) is 0 Å². The summed E-state index contributed by atoms with van der Waals surface area (Å²) in [5.41, 5.74) is 4.18. The number of hydrogen-bond donors (Lipinski definition) is 1. The minimum absolute atomic E-state index is 0.333. The highest BCUT2D eigenvalue weighted by Gasteiger charge is 2.31. The van der Waals surface area contributed by atoms with Crippen molar-refractivity contribution < 1.29 is 9.47 Å². The molecule has 1 N–H and O–H groups in total. The van der Waals surface area contributed by atoms with Gasteiger partial charge in [-0.05, 0) is 41.8 Å². The van der Waals surface area contributed by atoms with Gasteiger partial charge in [0.1, 0.15) is 0 Å². The zero-order valence-electron chi connectivity index (χ0n) is 12.1. The van der Waals surface area contributed by atoms with Crippen LogP contribution in [0.1, 0.15) is 42.0 Å². The third kappa shape index (κ3) is 2.09. The minimum Gasteiger partial charge on any atom is -0.454 e. The van der Waals surface area contributed by atoms with Gasteiger partial charge in [0.2, 0.25) is 6.79 Å². The van der Waals surface area contributed by atoms with Crippen LogP contribution in [0.25, 0.3) is 0 Å². The van der Waals surface area contributed by atoms with Crippen molar-refractivity contribution in [1.82, 2.24) is 5.32 Å². The van der Waals surface area contributed by atoms with Gasteiger partial charge in [0.05, 0.1) is 0 Å². The predicted octanol–water partition coefficient (Wildman–Crippen LogP) is 3.60. The van der Waals surface area contributed by atoms with Crippen molar-refractivity contribution in [3.05, 3.63) is 59.2 Å². The van der Waals surface area contributed by atoms with E-state index in [1.807, 2.05) is 6.07 Å². The first-order chi connectivity index (χ1) is 10.4. The summed E-state index contributed by atoms with van der Waals surface area (Å²) in [6.07, 6.45) is 1.10. The summed E-state index contributed by atoms with van der Waals surface area (Å²) in [6.45, 7) is 3.49. The van der Waals surface area contributed by atoms with Crippen LogP contribution in [-0.4, -0.2) is 13.3 Å². The Morgan fingerprint density at radius 3 is 2.71 bits per heavy atom. The molecule has 0 amide bonds. The first kappa shape index (κ1) is 12.7. The molecular weight excluding hydrogens is 262 g/mol. The summed E-state index contributed by atoms with van der Waals surface area (Å²) in [5.74, 6) is 2.16. The summed E-state index contributed by atoms with van der Waals surface area (Å²) in [4.78, 5) is 0. The van der Waals surface area contributed by atoms with E-state index in [4.69, 9.17) is 9.47 Å². The fraction of sp³-hybridized carbons (Fsp3) is 0.333. The maximum absolute atomic E-state index is 5.52. The van der Waals surface area contributed by atoms with E-state index in [-0.39, 0.29) is 0 Å². The molecular formula is C18H19NO2. The molecule has 0 saturated carbocycles. The van der Waals surface area contributed by atoms with Gasteiger partial charge >= 0.3 is 0 Å². The van der Waals surface area contributed by atoms with Crippen molar-refractivity contribution in [3.8, 4) is 11.5 Å². The van der Waals surface area contributed by atoms with Crippen LogP contribution in [0, 0.1) is 0 Å². The van der Waals surface area contributed by atoms with E-state index in [1.165, 1.54) is 16.7 Å². The summed E-state index contributed by atoms with van der Waals surface area (Å²) < 4.78 is 10.9. The fourth-order valence-electron chi connectivity index (χ4n) is 3.52. The molecule has 1 heterocycles. The lowest BCUT2D eigenvalue weighted by molar-refractivity contribution is 0.174. The maximum atomic E-state index is 5.52. The van der Waals surface area contributed by atoms with E-state index in [2.05, 4.69) is 48.6 Å². The quantitative estimate of drug-likeness (QED) is 0.932. The number of nitrogens with one attached hydrogen (secondary N) is 1. The van der Waals surface area contributed by atoms with Crippen LogP contribution >= 0.6 is 0 Å². The van der Waals surface area contributed by atoms with E-state index < -0.39 is 0 Å². The maximum Gasteiger partial charge on any atom is 0.231 e. The number of rotatable bonds is 3. The third-order valence-corrected chi connectivity index (χ3v) is 4.47. The lowest BCUT2D eigenvalue weighted by atomic mass is 9.93. The van der Waals surface area contributed by atoms with Crippen molar-refractivity contribution in [2.24, 2.45) is 0 Å². The molecule has 0 saturated heterocycles. The molecule has 0 unspecified atom stereocenters. The SMILES string of the molecule is CCN[C@@H]1C[C@H](c2ccc3c(c2)OCO3)c2ccccc21. The number of benzene rings is 2. The minimum atomic E-state index is 0.333. The first-order valence-electron chi connectivity index (χ1n) is 7.58. The Kier molecular flexibility index (Phi) is 3.08. The second-order valence-electron chi connectivity index (χ2n) is 5.64.